The first kappa shape index (κ1) is 18.0. The van der Waals surface area contributed by atoms with Gasteiger partial charge < -0.3 is 15.5 Å². The lowest BCUT2D eigenvalue weighted by Crippen LogP contribution is -2.30. The molecule has 128 valence electrons. The molecule has 0 unspecified atom stereocenters. The van der Waals surface area contributed by atoms with E-state index in [0.29, 0.717) is 11.3 Å². The lowest BCUT2D eigenvalue weighted by Gasteiger charge is -2.17. The number of rotatable bonds is 4. The number of nitrogens with zero attached hydrogens (tertiary/aromatic N) is 1. The Morgan fingerprint density at radius 3 is 2.42 bits per heavy atom. The van der Waals surface area contributed by atoms with Crippen molar-refractivity contribution in [3.05, 3.63) is 51.2 Å². The molecule has 1 aromatic heterocycles. The monoisotopic (exact) mass is 345 g/mol. The van der Waals surface area contributed by atoms with Crippen LogP contribution in [0, 0.1) is 13.8 Å². The van der Waals surface area contributed by atoms with Gasteiger partial charge in [-0.25, -0.2) is 4.79 Å². The van der Waals surface area contributed by atoms with Crippen molar-refractivity contribution in [2.24, 2.45) is 0 Å². The summed E-state index contributed by atoms with van der Waals surface area (Å²) < 4.78 is 0. The zero-order chi connectivity index (χ0) is 17.9. The summed E-state index contributed by atoms with van der Waals surface area (Å²) in [5.74, 6) is -0.202. The van der Waals surface area contributed by atoms with Crippen LogP contribution in [0.3, 0.4) is 0 Å². The molecule has 0 bridgehead atoms. The van der Waals surface area contributed by atoms with Crippen LogP contribution in [0.4, 0.5) is 10.5 Å². The van der Waals surface area contributed by atoms with Gasteiger partial charge in [0.05, 0.1) is 17.3 Å². The molecule has 0 fully saturated rings. The zero-order valence-corrected chi connectivity index (χ0v) is 15.5. The fourth-order valence-electron chi connectivity index (χ4n) is 2.21. The van der Waals surface area contributed by atoms with E-state index in [1.165, 1.54) is 9.78 Å². The van der Waals surface area contributed by atoms with Crippen LogP contribution in [0.1, 0.15) is 38.6 Å². The number of hydrogen-bond donors (Lipinski definition) is 2. The van der Waals surface area contributed by atoms with E-state index in [1.807, 2.05) is 39.0 Å². The SMILES string of the molecule is Cc1ccc(NC(=O)N(C)C)c(C(=O)N[C@@H](C)c2ccc(C)s2)c1. The molecule has 1 heterocycles. The van der Waals surface area contributed by atoms with Gasteiger partial charge in [-0.3, -0.25) is 4.79 Å². The van der Waals surface area contributed by atoms with Crippen LogP contribution >= 0.6 is 11.3 Å². The second-order valence-electron chi connectivity index (χ2n) is 6.02. The first-order valence-electron chi connectivity index (χ1n) is 7.74. The average Bonchev–Trinajstić information content (AvgIpc) is 2.95. The summed E-state index contributed by atoms with van der Waals surface area (Å²) in [6, 6.07) is 9.12. The van der Waals surface area contributed by atoms with E-state index in [0.717, 1.165) is 10.4 Å². The molecule has 2 rings (SSSR count). The van der Waals surface area contributed by atoms with Crippen molar-refractivity contribution in [3.63, 3.8) is 0 Å². The lowest BCUT2D eigenvalue weighted by atomic mass is 10.1. The third kappa shape index (κ3) is 4.35. The summed E-state index contributed by atoms with van der Waals surface area (Å²) in [5, 5.41) is 5.77. The fourth-order valence-corrected chi connectivity index (χ4v) is 3.09. The van der Waals surface area contributed by atoms with Crippen LogP contribution in [0.5, 0.6) is 0 Å². The minimum atomic E-state index is -0.269. The van der Waals surface area contributed by atoms with E-state index in [9.17, 15) is 9.59 Å². The van der Waals surface area contributed by atoms with E-state index < -0.39 is 0 Å². The lowest BCUT2D eigenvalue weighted by molar-refractivity contribution is 0.0941. The van der Waals surface area contributed by atoms with Crippen molar-refractivity contribution < 1.29 is 9.59 Å². The topological polar surface area (TPSA) is 61.4 Å². The van der Waals surface area contributed by atoms with Gasteiger partial charge in [-0.05, 0) is 45.0 Å². The molecule has 2 N–H and O–H groups in total. The molecular weight excluding hydrogens is 322 g/mol. The first-order chi connectivity index (χ1) is 11.3. The van der Waals surface area contributed by atoms with Crippen LogP contribution < -0.4 is 10.6 Å². The van der Waals surface area contributed by atoms with E-state index in [-0.39, 0.29) is 18.0 Å². The second-order valence-corrected chi connectivity index (χ2v) is 7.34. The Morgan fingerprint density at radius 2 is 1.83 bits per heavy atom. The number of amides is 3. The van der Waals surface area contributed by atoms with Crippen molar-refractivity contribution in [1.29, 1.82) is 0 Å². The zero-order valence-electron chi connectivity index (χ0n) is 14.6. The number of aryl methyl sites for hydroxylation is 2. The smallest absolute Gasteiger partial charge is 0.321 e. The summed E-state index contributed by atoms with van der Waals surface area (Å²) >= 11 is 1.66. The number of benzene rings is 1. The Kier molecular flexibility index (Phi) is 5.62. The maximum absolute atomic E-state index is 12.7. The summed E-state index contributed by atoms with van der Waals surface area (Å²) in [6.45, 7) is 5.91. The van der Waals surface area contributed by atoms with Crippen molar-refractivity contribution in [1.82, 2.24) is 10.2 Å². The van der Waals surface area contributed by atoms with Crippen molar-refractivity contribution in [2.45, 2.75) is 26.8 Å². The maximum atomic E-state index is 12.7. The Balaban J connectivity index is 2.21. The summed E-state index contributed by atoms with van der Waals surface area (Å²) in [7, 11) is 3.31. The van der Waals surface area contributed by atoms with Gasteiger partial charge in [-0.2, -0.15) is 0 Å². The fraction of sp³-hybridized carbons (Fsp3) is 0.333. The minimum Gasteiger partial charge on any atom is -0.345 e. The predicted molar refractivity (Wildman–Crippen MR) is 98.8 cm³/mol. The van der Waals surface area contributed by atoms with Crippen molar-refractivity contribution >= 4 is 29.0 Å². The van der Waals surface area contributed by atoms with Crippen LogP contribution in [0.2, 0.25) is 0 Å². The molecule has 0 aliphatic rings. The van der Waals surface area contributed by atoms with Gasteiger partial charge in [0, 0.05) is 23.8 Å². The van der Waals surface area contributed by atoms with Crippen molar-refractivity contribution in [2.75, 3.05) is 19.4 Å². The highest BCUT2D eigenvalue weighted by molar-refractivity contribution is 7.12. The summed E-state index contributed by atoms with van der Waals surface area (Å²) in [5.41, 5.74) is 1.93. The number of anilines is 1. The van der Waals surface area contributed by atoms with Gasteiger partial charge in [0.15, 0.2) is 0 Å². The van der Waals surface area contributed by atoms with Gasteiger partial charge >= 0.3 is 6.03 Å². The Morgan fingerprint density at radius 1 is 1.12 bits per heavy atom. The predicted octanol–water partition coefficient (Wildman–Crippen LogP) is 3.95. The largest absolute Gasteiger partial charge is 0.345 e. The molecule has 0 aliphatic carbocycles. The van der Waals surface area contributed by atoms with E-state index in [2.05, 4.69) is 10.6 Å². The molecule has 5 nitrogen and oxygen atoms in total. The Bertz CT molecular complexity index is 752. The van der Waals surface area contributed by atoms with Crippen molar-refractivity contribution in [3.8, 4) is 0 Å². The number of hydrogen-bond acceptors (Lipinski definition) is 3. The molecular formula is C18H23N3O2S. The van der Waals surface area contributed by atoms with Crippen LogP contribution in [-0.4, -0.2) is 30.9 Å². The molecule has 0 saturated heterocycles. The molecule has 0 radical (unpaired) electrons. The molecule has 0 spiro atoms. The minimum absolute atomic E-state index is 0.0888. The molecule has 2 aromatic rings. The third-order valence-electron chi connectivity index (χ3n) is 3.60. The highest BCUT2D eigenvalue weighted by Crippen LogP contribution is 2.24. The molecule has 24 heavy (non-hydrogen) atoms. The first-order valence-corrected chi connectivity index (χ1v) is 8.55. The molecule has 6 heteroatoms. The second kappa shape index (κ2) is 7.49. The summed E-state index contributed by atoms with van der Waals surface area (Å²) in [6.07, 6.45) is 0. The van der Waals surface area contributed by atoms with Gasteiger partial charge in [0.1, 0.15) is 0 Å². The number of urea groups is 1. The highest BCUT2D eigenvalue weighted by atomic mass is 32.1. The average molecular weight is 345 g/mol. The Labute approximate surface area is 146 Å². The van der Waals surface area contributed by atoms with E-state index in [4.69, 9.17) is 0 Å². The number of carbonyl (C=O) groups excluding carboxylic acids is 2. The maximum Gasteiger partial charge on any atom is 0.321 e. The van der Waals surface area contributed by atoms with E-state index in [1.54, 1.807) is 37.6 Å². The number of carbonyl (C=O) groups is 2. The van der Waals surface area contributed by atoms with E-state index >= 15 is 0 Å². The standard InChI is InChI=1S/C18H23N3O2S/c1-11-6-8-15(20-18(23)21(4)5)14(10-11)17(22)19-13(3)16-9-7-12(2)24-16/h6-10,13H,1-5H3,(H,19,22)(H,20,23)/t13-/m0/s1. The third-order valence-corrected chi connectivity index (χ3v) is 4.79. The molecule has 3 amide bonds. The van der Waals surface area contributed by atoms with Crippen LogP contribution in [-0.2, 0) is 0 Å². The number of nitrogens with one attached hydrogen (secondary N) is 2. The van der Waals surface area contributed by atoms with Gasteiger partial charge in [-0.1, -0.05) is 11.6 Å². The molecule has 1 aromatic carbocycles. The normalized spacial score (nSPS) is 11.7. The quantitative estimate of drug-likeness (QED) is 0.881. The van der Waals surface area contributed by atoms with Gasteiger partial charge in [-0.15, -0.1) is 11.3 Å². The number of thiophene rings is 1. The summed E-state index contributed by atoms with van der Waals surface area (Å²) in [4.78, 5) is 28.3. The molecule has 0 saturated carbocycles. The highest BCUT2D eigenvalue weighted by Gasteiger charge is 2.17. The van der Waals surface area contributed by atoms with Crippen LogP contribution in [0.15, 0.2) is 30.3 Å². The van der Waals surface area contributed by atoms with Gasteiger partial charge in [0.25, 0.3) is 5.91 Å². The van der Waals surface area contributed by atoms with Crippen LogP contribution in [0.25, 0.3) is 0 Å². The molecule has 0 aliphatic heterocycles. The Hall–Kier alpha value is -2.34. The van der Waals surface area contributed by atoms with Gasteiger partial charge in [0.2, 0.25) is 0 Å². The molecule has 1 atom stereocenters.